The quantitative estimate of drug-likeness (QED) is 0.696. The van der Waals surface area contributed by atoms with Crippen LogP contribution in [0.4, 0.5) is 13.2 Å². The van der Waals surface area contributed by atoms with Gasteiger partial charge >= 0.3 is 6.18 Å². The number of hydrogen-bond acceptors (Lipinski definition) is 5. The van der Waals surface area contributed by atoms with Crippen molar-refractivity contribution in [1.82, 2.24) is 5.32 Å². The number of carbonyl (C=O) groups is 1. The van der Waals surface area contributed by atoms with Gasteiger partial charge in [0.2, 0.25) is 11.5 Å². The number of nitrogens with one attached hydrogen (secondary N) is 1. The number of benzene rings is 1. The Bertz CT molecular complexity index is 717. The summed E-state index contributed by atoms with van der Waals surface area (Å²) in [6, 6.07) is 8.97. The smallest absolute Gasteiger partial charge is 0.425 e. The van der Waals surface area contributed by atoms with Gasteiger partial charge in [0, 0.05) is 0 Å². The van der Waals surface area contributed by atoms with Crippen LogP contribution in [0.15, 0.2) is 47.1 Å². The number of carbonyl (C=O) groups excluding carboxylic acids is 1. The lowest BCUT2D eigenvalue weighted by Gasteiger charge is -2.27. The Morgan fingerprint density at radius 3 is 2.46 bits per heavy atom. The van der Waals surface area contributed by atoms with E-state index in [0.717, 1.165) is 12.3 Å². The van der Waals surface area contributed by atoms with Gasteiger partial charge in [-0.3, -0.25) is 4.79 Å². The second-order valence-corrected chi connectivity index (χ2v) is 5.36. The summed E-state index contributed by atoms with van der Waals surface area (Å²) in [5.74, 6) is -0.815. The van der Waals surface area contributed by atoms with Crippen LogP contribution in [-0.4, -0.2) is 37.5 Å². The predicted molar refractivity (Wildman–Crippen MR) is 84.8 cm³/mol. The molecule has 1 aromatic carbocycles. The van der Waals surface area contributed by atoms with Crippen LogP contribution in [0, 0.1) is 0 Å². The summed E-state index contributed by atoms with van der Waals surface area (Å²) in [4.78, 5) is 11.8. The lowest BCUT2D eigenvalue weighted by molar-refractivity contribution is -0.273. The van der Waals surface area contributed by atoms with Gasteiger partial charge in [-0.2, -0.15) is 13.2 Å². The molecule has 0 spiro atoms. The summed E-state index contributed by atoms with van der Waals surface area (Å²) in [6.45, 7) is -0.0414. The molecule has 0 saturated carbocycles. The Morgan fingerprint density at radius 1 is 1.19 bits per heavy atom. The molecule has 2 rings (SSSR count). The van der Waals surface area contributed by atoms with Crippen molar-refractivity contribution in [2.75, 3.05) is 20.3 Å². The van der Waals surface area contributed by atoms with Gasteiger partial charge in [0.1, 0.15) is 12.4 Å². The molecule has 0 saturated heterocycles. The molecule has 1 amide bonds. The normalized spacial score (nSPS) is 13.7. The third kappa shape index (κ3) is 4.48. The fourth-order valence-corrected chi connectivity index (χ4v) is 2.23. The Kier molecular flexibility index (Phi) is 6.14. The van der Waals surface area contributed by atoms with Crippen molar-refractivity contribution in [1.29, 1.82) is 0 Å². The molecule has 0 aliphatic heterocycles. The first-order valence-electron chi connectivity index (χ1n) is 7.63. The first-order chi connectivity index (χ1) is 12.3. The second-order valence-electron chi connectivity index (χ2n) is 5.36. The number of alkyl halides is 3. The van der Waals surface area contributed by atoms with Crippen LogP contribution in [0.25, 0.3) is 0 Å². The molecule has 6 nitrogen and oxygen atoms in total. The van der Waals surface area contributed by atoms with Crippen molar-refractivity contribution in [3.05, 3.63) is 48.4 Å². The number of rotatable bonds is 8. The highest BCUT2D eigenvalue weighted by atomic mass is 19.4. The zero-order valence-corrected chi connectivity index (χ0v) is 13.9. The third-order valence-corrected chi connectivity index (χ3v) is 3.57. The van der Waals surface area contributed by atoms with E-state index in [4.69, 9.17) is 9.47 Å². The largest absolute Gasteiger partial charge is 0.493 e. The number of halogens is 3. The van der Waals surface area contributed by atoms with E-state index in [-0.39, 0.29) is 13.2 Å². The Labute approximate surface area is 147 Å². The van der Waals surface area contributed by atoms with Crippen molar-refractivity contribution < 1.29 is 37.0 Å². The van der Waals surface area contributed by atoms with E-state index in [9.17, 15) is 23.1 Å². The number of para-hydroxylation sites is 2. The summed E-state index contributed by atoms with van der Waals surface area (Å²) in [6.07, 6.45) is -5.31. The molecular weight excluding hydrogens is 355 g/mol. The minimum absolute atomic E-state index is 0.0112. The van der Waals surface area contributed by atoms with Crippen molar-refractivity contribution in [3.8, 4) is 11.5 Å². The fraction of sp³-hybridized carbons (Fsp3) is 0.353. The molecule has 142 valence electrons. The highest BCUT2D eigenvalue weighted by Crippen LogP contribution is 2.41. The summed E-state index contributed by atoms with van der Waals surface area (Å²) in [5.41, 5.74) is -3.40. The SMILES string of the molecule is COc1ccccc1OCCNC(=O)C[C@@](O)(c1ccco1)C(F)(F)F. The van der Waals surface area contributed by atoms with Crippen molar-refractivity contribution in [2.24, 2.45) is 0 Å². The molecule has 0 radical (unpaired) electrons. The number of hydrogen-bond donors (Lipinski definition) is 2. The molecule has 0 aliphatic rings. The van der Waals surface area contributed by atoms with E-state index in [1.165, 1.54) is 13.2 Å². The highest BCUT2D eigenvalue weighted by molar-refractivity contribution is 5.77. The molecule has 1 atom stereocenters. The number of aliphatic hydroxyl groups is 1. The van der Waals surface area contributed by atoms with Crippen molar-refractivity contribution in [3.63, 3.8) is 0 Å². The Morgan fingerprint density at radius 2 is 1.88 bits per heavy atom. The van der Waals surface area contributed by atoms with E-state index < -0.39 is 29.9 Å². The van der Waals surface area contributed by atoms with Gasteiger partial charge < -0.3 is 24.3 Å². The standard InChI is InChI=1S/C17H18F3NO5/c1-24-12-5-2-3-6-13(12)25-10-8-21-15(22)11-16(23,17(18,19)20)14-7-4-9-26-14/h2-7,9,23H,8,10-11H2,1H3,(H,21,22)/t16-/m1/s1. The summed E-state index contributed by atoms with van der Waals surface area (Å²) in [7, 11) is 1.47. The van der Waals surface area contributed by atoms with Gasteiger partial charge in [-0.15, -0.1) is 0 Å². The van der Waals surface area contributed by atoms with Crippen LogP contribution in [0.2, 0.25) is 0 Å². The Balaban J connectivity index is 1.89. The molecule has 2 aromatic rings. The first kappa shape index (κ1) is 19.6. The van der Waals surface area contributed by atoms with E-state index >= 15 is 0 Å². The molecule has 9 heteroatoms. The second kappa shape index (κ2) is 8.13. The molecule has 0 aliphatic carbocycles. The maximum atomic E-state index is 13.2. The lowest BCUT2D eigenvalue weighted by atomic mass is 9.95. The monoisotopic (exact) mass is 373 g/mol. The fourth-order valence-electron chi connectivity index (χ4n) is 2.23. The zero-order chi connectivity index (χ0) is 19.2. The highest BCUT2D eigenvalue weighted by Gasteiger charge is 2.58. The number of amides is 1. The molecular formula is C17H18F3NO5. The zero-order valence-electron chi connectivity index (χ0n) is 13.9. The molecule has 0 fully saturated rings. The third-order valence-electron chi connectivity index (χ3n) is 3.57. The van der Waals surface area contributed by atoms with E-state index in [0.29, 0.717) is 11.5 Å². The average molecular weight is 373 g/mol. The van der Waals surface area contributed by atoms with Crippen molar-refractivity contribution in [2.45, 2.75) is 18.2 Å². The van der Waals surface area contributed by atoms with Crippen LogP contribution in [-0.2, 0) is 10.4 Å². The minimum atomic E-state index is -5.07. The summed E-state index contributed by atoms with van der Waals surface area (Å²) < 4.78 is 54.7. The van der Waals surface area contributed by atoms with Gasteiger partial charge in [-0.05, 0) is 24.3 Å². The van der Waals surface area contributed by atoms with Crippen LogP contribution in [0.5, 0.6) is 11.5 Å². The lowest BCUT2D eigenvalue weighted by Crippen LogP contribution is -2.46. The summed E-state index contributed by atoms with van der Waals surface area (Å²) >= 11 is 0. The van der Waals surface area contributed by atoms with Gasteiger partial charge in [-0.1, -0.05) is 12.1 Å². The first-order valence-corrected chi connectivity index (χ1v) is 7.63. The van der Waals surface area contributed by atoms with E-state index in [1.54, 1.807) is 24.3 Å². The number of methoxy groups -OCH3 is 1. The maximum absolute atomic E-state index is 13.2. The van der Waals surface area contributed by atoms with Crippen LogP contribution < -0.4 is 14.8 Å². The van der Waals surface area contributed by atoms with E-state index in [2.05, 4.69) is 9.73 Å². The number of furan rings is 1. The van der Waals surface area contributed by atoms with E-state index in [1.807, 2.05) is 0 Å². The van der Waals surface area contributed by atoms with Crippen LogP contribution in [0.3, 0.4) is 0 Å². The molecule has 26 heavy (non-hydrogen) atoms. The molecule has 1 heterocycles. The minimum Gasteiger partial charge on any atom is -0.493 e. The molecule has 0 unspecified atom stereocenters. The number of ether oxygens (including phenoxy) is 2. The Hall–Kier alpha value is -2.68. The molecule has 1 aromatic heterocycles. The molecule has 2 N–H and O–H groups in total. The van der Waals surface area contributed by atoms with Gasteiger partial charge in [-0.25, -0.2) is 0 Å². The maximum Gasteiger partial charge on any atom is 0.425 e. The van der Waals surface area contributed by atoms with Gasteiger partial charge in [0.25, 0.3) is 0 Å². The predicted octanol–water partition coefficient (Wildman–Crippen LogP) is 2.62. The average Bonchev–Trinajstić information content (AvgIpc) is 3.13. The summed E-state index contributed by atoms with van der Waals surface area (Å²) in [5, 5.41) is 12.2. The van der Waals surface area contributed by atoms with Crippen molar-refractivity contribution >= 4 is 5.91 Å². The topological polar surface area (TPSA) is 80.9 Å². The van der Waals surface area contributed by atoms with Gasteiger partial charge in [0.15, 0.2) is 11.5 Å². The molecule has 0 bridgehead atoms. The van der Waals surface area contributed by atoms with Gasteiger partial charge in [0.05, 0.1) is 26.3 Å². The van der Waals surface area contributed by atoms with Crippen LogP contribution in [0.1, 0.15) is 12.2 Å². The van der Waals surface area contributed by atoms with Crippen LogP contribution >= 0.6 is 0 Å².